The second-order valence-electron chi connectivity index (χ2n) is 5.00. The van der Waals surface area contributed by atoms with E-state index < -0.39 is 23.9 Å². The molecule has 0 saturated heterocycles. The summed E-state index contributed by atoms with van der Waals surface area (Å²) < 4.78 is 0. The molecule has 0 atom stereocenters. The van der Waals surface area contributed by atoms with E-state index in [-0.39, 0.29) is 25.7 Å². The number of imidazole rings is 2. The number of hydrogen-bond acceptors (Lipinski definition) is 6. The SMILES string of the molecule is Cc1c[nH]cn1.Cc1c[nH]cn1.O=C(O)CCC(=O)O.O=C(O)CCC(=O)O. The van der Waals surface area contributed by atoms with E-state index in [1.54, 1.807) is 12.7 Å². The number of H-pyrrole nitrogens is 2. The third-order valence-electron chi connectivity index (χ3n) is 2.38. The first-order valence-electron chi connectivity index (χ1n) is 7.82. The summed E-state index contributed by atoms with van der Waals surface area (Å²) in [5.41, 5.74) is 2.07. The molecule has 0 saturated carbocycles. The second-order valence-corrected chi connectivity index (χ2v) is 5.00. The number of carbonyl (C=O) groups is 4. The van der Waals surface area contributed by atoms with Gasteiger partial charge < -0.3 is 30.4 Å². The van der Waals surface area contributed by atoms with E-state index in [4.69, 9.17) is 20.4 Å². The standard InChI is InChI=1S/2C4H6N2.2C4H6O4/c2*1-4-2-5-3-6-4;2*5-3(6)1-2-4(7)8/h2*2-3H,1H3,(H,5,6);2*1-2H2,(H,5,6)(H,7,8). The number of hydrogen-bond donors (Lipinski definition) is 6. The van der Waals surface area contributed by atoms with Crippen LogP contribution in [0.2, 0.25) is 0 Å². The molecule has 156 valence electrons. The minimum Gasteiger partial charge on any atom is -0.481 e. The molecule has 0 bridgehead atoms. The van der Waals surface area contributed by atoms with Gasteiger partial charge >= 0.3 is 23.9 Å². The lowest BCUT2D eigenvalue weighted by molar-refractivity contribution is -0.143. The van der Waals surface area contributed by atoms with Crippen LogP contribution in [0.4, 0.5) is 0 Å². The van der Waals surface area contributed by atoms with Crippen molar-refractivity contribution >= 4 is 23.9 Å². The van der Waals surface area contributed by atoms with Crippen molar-refractivity contribution in [1.82, 2.24) is 19.9 Å². The first kappa shape index (κ1) is 26.5. The predicted octanol–water partition coefficient (Wildman–Crippen LogP) is 1.31. The van der Waals surface area contributed by atoms with Gasteiger partial charge in [0, 0.05) is 12.4 Å². The normalized spacial score (nSPS) is 8.64. The summed E-state index contributed by atoms with van der Waals surface area (Å²) in [7, 11) is 0. The average molecular weight is 400 g/mol. The molecule has 0 radical (unpaired) electrons. The van der Waals surface area contributed by atoms with Crippen LogP contribution < -0.4 is 0 Å². The van der Waals surface area contributed by atoms with Gasteiger partial charge in [-0.05, 0) is 13.8 Å². The molecule has 0 aliphatic rings. The summed E-state index contributed by atoms with van der Waals surface area (Å²) in [5, 5.41) is 31.6. The van der Waals surface area contributed by atoms with Crippen molar-refractivity contribution in [2.45, 2.75) is 39.5 Å². The monoisotopic (exact) mass is 400 g/mol. The highest BCUT2D eigenvalue weighted by atomic mass is 16.4. The number of rotatable bonds is 6. The summed E-state index contributed by atoms with van der Waals surface area (Å²) in [6, 6.07) is 0. The van der Waals surface area contributed by atoms with Crippen molar-refractivity contribution in [2.75, 3.05) is 0 Å². The fourth-order valence-electron chi connectivity index (χ4n) is 1.10. The summed E-state index contributed by atoms with van der Waals surface area (Å²) in [4.78, 5) is 51.9. The van der Waals surface area contributed by atoms with Crippen LogP contribution in [0.3, 0.4) is 0 Å². The van der Waals surface area contributed by atoms with Crippen molar-refractivity contribution in [1.29, 1.82) is 0 Å². The van der Waals surface area contributed by atoms with Gasteiger partial charge in [0.1, 0.15) is 0 Å². The summed E-state index contributed by atoms with van der Waals surface area (Å²) >= 11 is 0. The Morgan fingerprint density at radius 1 is 0.679 bits per heavy atom. The van der Waals surface area contributed by atoms with Crippen LogP contribution in [0.5, 0.6) is 0 Å². The van der Waals surface area contributed by atoms with E-state index in [2.05, 4.69) is 19.9 Å². The lowest BCUT2D eigenvalue weighted by Gasteiger charge is -1.85. The van der Waals surface area contributed by atoms with Gasteiger partial charge in [0.15, 0.2) is 0 Å². The fourth-order valence-corrected chi connectivity index (χ4v) is 1.10. The van der Waals surface area contributed by atoms with Crippen LogP contribution in [-0.2, 0) is 19.2 Å². The summed E-state index contributed by atoms with van der Waals surface area (Å²) in [5.74, 6) is -4.31. The van der Waals surface area contributed by atoms with E-state index in [1.807, 2.05) is 26.2 Å². The van der Waals surface area contributed by atoms with Gasteiger partial charge in [-0.2, -0.15) is 0 Å². The third-order valence-corrected chi connectivity index (χ3v) is 2.38. The third kappa shape index (κ3) is 24.6. The van der Waals surface area contributed by atoms with E-state index in [1.165, 1.54) is 0 Å². The Hall–Kier alpha value is -3.70. The zero-order valence-electron chi connectivity index (χ0n) is 15.5. The highest BCUT2D eigenvalue weighted by Crippen LogP contribution is 1.86. The molecule has 0 fully saturated rings. The van der Waals surface area contributed by atoms with Crippen LogP contribution in [0, 0.1) is 13.8 Å². The molecule has 0 unspecified atom stereocenters. The van der Waals surface area contributed by atoms with Gasteiger partial charge in [-0.1, -0.05) is 0 Å². The maximum atomic E-state index is 9.64. The molecular weight excluding hydrogens is 376 g/mol. The molecule has 12 heteroatoms. The van der Waals surface area contributed by atoms with Crippen LogP contribution in [0.15, 0.2) is 25.0 Å². The zero-order chi connectivity index (χ0) is 21.9. The van der Waals surface area contributed by atoms with E-state index in [9.17, 15) is 19.2 Å². The second kappa shape index (κ2) is 16.8. The number of aromatic nitrogens is 4. The first-order chi connectivity index (χ1) is 13.0. The van der Waals surface area contributed by atoms with E-state index in [0.29, 0.717) is 0 Å². The molecule has 2 heterocycles. The van der Waals surface area contributed by atoms with Crippen molar-refractivity contribution in [3.8, 4) is 0 Å². The van der Waals surface area contributed by atoms with Crippen LogP contribution in [0.25, 0.3) is 0 Å². The van der Waals surface area contributed by atoms with Crippen LogP contribution in [0.1, 0.15) is 37.1 Å². The van der Waals surface area contributed by atoms with Crippen molar-refractivity contribution in [3.63, 3.8) is 0 Å². The minimum absolute atomic E-state index is 0.296. The minimum atomic E-state index is -1.08. The highest BCUT2D eigenvalue weighted by molar-refractivity contribution is 5.75. The highest BCUT2D eigenvalue weighted by Gasteiger charge is 2.01. The number of aromatic amines is 2. The van der Waals surface area contributed by atoms with Gasteiger partial charge in [-0.25, -0.2) is 9.97 Å². The van der Waals surface area contributed by atoms with Gasteiger partial charge in [0.05, 0.1) is 49.7 Å². The number of aliphatic carboxylic acids is 4. The molecule has 2 aromatic heterocycles. The Kier molecular flexibility index (Phi) is 15.9. The number of nitrogens with one attached hydrogen (secondary N) is 2. The van der Waals surface area contributed by atoms with Crippen LogP contribution in [-0.4, -0.2) is 64.2 Å². The maximum absolute atomic E-state index is 9.64. The lowest BCUT2D eigenvalue weighted by Crippen LogP contribution is -2.00. The van der Waals surface area contributed by atoms with Gasteiger partial charge in [0.25, 0.3) is 0 Å². The maximum Gasteiger partial charge on any atom is 0.303 e. The van der Waals surface area contributed by atoms with E-state index in [0.717, 1.165) is 11.4 Å². The number of aryl methyl sites for hydroxylation is 2. The molecule has 0 aromatic carbocycles. The topological polar surface area (TPSA) is 207 Å². The molecule has 28 heavy (non-hydrogen) atoms. The van der Waals surface area contributed by atoms with Crippen molar-refractivity contribution in [2.24, 2.45) is 0 Å². The fraction of sp³-hybridized carbons (Fsp3) is 0.375. The Morgan fingerprint density at radius 2 is 0.929 bits per heavy atom. The molecule has 2 rings (SSSR count). The van der Waals surface area contributed by atoms with Crippen LogP contribution >= 0.6 is 0 Å². The number of nitrogens with zero attached hydrogens (tertiary/aromatic N) is 2. The number of carboxylic acid groups (broad SMARTS) is 4. The Labute approximate surface area is 160 Å². The Bertz CT molecular complexity index is 595. The molecule has 2 aromatic rings. The molecule has 0 spiro atoms. The molecular formula is C16H24N4O8. The quantitative estimate of drug-likeness (QED) is 0.409. The molecule has 0 amide bonds. The lowest BCUT2D eigenvalue weighted by atomic mass is 10.3. The van der Waals surface area contributed by atoms with Crippen molar-refractivity contribution < 1.29 is 39.6 Å². The predicted molar refractivity (Wildman–Crippen MR) is 95.7 cm³/mol. The Morgan fingerprint density at radius 3 is 1.00 bits per heavy atom. The zero-order valence-corrected chi connectivity index (χ0v) is 15.5. The van der Waals surface area contributed by atoms with Crippen molar-refractivity contribution in [3.05, 3.63) is 36.4 Å². The smallest absolute Gasteiger partial charge is 0.303 e. The summed E-state index contributed by atoms with van der Waals surface area (Å²) in [6.45, 7) is 3.88. The largest absolute Gasteiger partial charge is 0.481 e. The molecule has 12 nitrogen and oxygen atoms in total. The average Bonchev–Trinajstić information content (AvgIpc) is 3.26. The van der Waals surface area contributed by atoms with Gasteiger partial charge in [0.2, 0.25) is 0 Å². The van der Waals surface area contributed by atoms with E-state index >= 15 is 0 Å². The first-order valence-corrected chi connectivity index (χ1v) is 7.82. The molecule has 0 aliphatic heterocycles. The van der Waals surface area contributed by atoms with Gasteiger partial charge in [-0.3, -0.25) is 19.2 Å². The summed E-state index contributed by atoms with van der Waals surface area (Å²) in [6.07, 6.45) is 5.83. The Balaban J connectivity index is 0. The molecule has 6 N–H and O–H groups in total. The van der Waals surface area contributed by atoms with Gasteiger partial charge in [-0.15, -0.1) is 0 Å². The number of carboxylic acids is 4. The molecule has 0 aliphatic carbocycles.